The number of nitrogens with zero attached hydrogens (tertiary/aromatic N) is 1. The molecule has 2 fully saturated rings. The van der Waals surface area contributed by atoms with Gasteiger partial charge >= 0.3 is 6.03 Å². The SMILES string of the molecule is NC(=O)N1CCNC2CCCCC21. The molecule has 1 aliphatic heterocycles. The topological polar surface area (TPSA) is 58.4 Å². The average molecular weight is 183 g/mol. The van der Waals surface area contributed by atoms with Gasteiger partial charge in [0.25, 0.3) is 0 Å². The van der Waals surface area contributed by atoms with E-state index in [1.54, 1.807) is 0 Å². The Labute approximate surface area is 78.5 Å². The number of carbonyl (C=O) groups excluding carboxylic acids is 1. The highest BCUT2D eigenvalue weighted by atomic mass is 16.2. The van der Waals surface area contributed by atoms with Crippen LogP contribution >= 0.6 is 0 Å². The number of nitrogens with one attached hydrogen (secondary N) is 1. The van der Waals surface area contributed by atoms with Gasteiger partial charge in [-0.25, -0.2) is 4.79 Å². The average Bonchev–Trinajstić information content (AvgIpc) is 2.17. The Morgan fingerprint density at radius 3 is 2.92 bits per heavy atom. The molecule has 13 heavy (non-hydrogen) atoms. The molecule has 2 aliphatic rings. The van der Waals surface area contributed by atoms with Crippen molar-refractivity contribution in [2.24, 2.45) is 5.73 Å². The van der Waals surface area contributed by atoms with Gasteiger partial charge in [-0.2, -0.15) is 0 Å². The first-order valence-electron chi connectivity index (χ1n) is 5.08. The van der Waals surface area contributed by atoms with E-state index in [2.05, 4.69) is 5.32 Å². The van der Waals surface area contributed by atoms with E-state index in [4.69, 9.17) is 5.73 Å². The first-order chi connectivity index (χ1) is 6.29. The Hall–Kier alpha value is -0.770. The Morgan fingerprint density at radius 2 is 2.15 bits per heavy atom. The predicted octanol–water partition coefficient (Wildman–Crippen LogP) is 0.281. The number of fused-ring (bicyclic) bond motifs is 1. The van der Waals surface area contributed by atoms with Gasteiger partial charge in [-0.05, 0) is 12.8 Å². The molecule has 2 amide bonds. The van der Waals surface area contributed by atoms with Gasteiger partial charge < -0.3 is 16.0 Å². The third kappa shape index (κ3) is 1.63. The third-order valence-corrected chi connectivity index (χ3v) is 3.17. The molecular weight excluding hydrogens is 166 g/mol. The number of piperazine rings is 1. The van der Waals surface area contributed by atoms with Crippen molar-refractivity contribution in [3.63, 3.8) is 0 Å². The quantitative estimate of drug-likeness (QED) is 0.567. The van der Waals surface area contributed by atoms with E-state index in [0.29, 0.717) is 12.1 Å². The molecule has 1 aliphatic carbocycles. The molecule has 74 valence electrons. The second kappa shape index (κ2) is 3.54. The standard InChI is InChI=1S/C9H17N3O/c10-9(13)12-6-5-11-7-3-1-2-4-8(7)12/h7-8,11H,1-6H2,(H2,10,13). The Bertz CT molecular complexity index is 205. The van der Waals surface area contributed by atoms with E-state index in [1.165, 1.54) is 19.3 Å². The summed E-state index contributed by atoms with van der Waals surface area (Å²) in [7, 11) is 0. The summed E-state index contributed by atoms with van der Waals surface area (Å²) in [5, 5.41) is 3.46. The Morgan fingerprint density at radius 1 is 1.38 bits per heavy atom. The molecule has 1 heterocycles. The number of hydrogen-bond donors (Lipinski definition) is 2. The van der Waals surface area contributed by atoms with Crippen molar-refractivity contribution in [1.29, 1.82) is 0 Å². The van der Waals surface area contributed by atoms with Crippen molar-refractivity contribution in [3.05, 3.63) is 0 Å². The lowest BCUT2D eigenvalue weighted by molar-refractivity contribution is 0.113. The van der Waals surface area contributed by atoms with Gasteiger partial charge in [0.05, 0.1) is 0 Å². The predicted molar refractivity (Wildman–Crippen MR) is 50.3 cm³/mol. The number of amides is 2. The highest BCUT2D eigenvalue weighted by molar-refractivity contribution is 5.72. The second-order valence-corrected chi connectivity index (χ2v) is 3.94. The zero-order chi connectivity index (χ0) is 9.26. The van der Waals surface area contributed by atoms with Crippen LogP contribution in [-0.4, -0.2) is 36.1 Å². The highest BCUT2D eigenvalue weighted by Crippen LogP contribution is 2.24. The lowest BCUT2D eigenvalue weighted by atomic mass is 9.88. The van der Waals surface area contributed by atoms with E-state index < -0.39 is 0 Å². The normalized spacial score (nSPS) is 34.0. The molecule has 3 N–H and O–H groups in total. The first kappa shape index (κ1) is 8.81. The Kier molecular flexibility index (Phi) is 2.40. The number of rotatable bonds is 0. The number of urea groups is 1. The largest absolute Gasteiger partial charge is 0.351 e. The van der Waals surface area contributed by atoms with Gasteiger partial charge in [-0.15, -0.1) is 0 Å². The molecular formula is C9H17N3O. The number of hydrogen-bond acceptors (Lipinski definition) is 2. The summed E-state index contributed by atoms with van der Waals surface area (Å²) in [6, 6.07) is 0.605. The maximum absolute atomic E-state index is 11.1. The lowest BCUT2D eigenvalue weighted by Crippen LogP contribution is -2.61. The number of primary amides is 1. The van der Waals surface area contributed by atoms with Crippen molar-refractivity contribution < 1.29 is 4.79 Å². The molecule has 1 saturated heterocycles. The van der Waals surface area contributed by atoms with Gasteiger partial charge in [0.15, 0.2) is 0 Å². The fourth-order valence-electron chi connectivity index (χ4n) is 2.53. The van der Waals surface area contributed by atoms with Crippen LogP contribution in [0.25, 0.3) is 0 Å². The molecule has 4 nitrogen and oxygen atoms in total. The molecule has 0 aromatic rings. The van der Waals surface area contributed by atoms with Crippen LogP contribution in [0.15, 0.2) is 0 Å². The van der Waals surface area contributed by atoms with Crippen LogP contribution in [-0.2, 0) is 0 Å². The molecule has 0 radical (unpaired) electrons. The lowest BCUT2D eigenvalue weighted by Gasteiger charge is -2.43. The first-order valence-corrected chi connectivity index (χ1v) is 5.08. The minimum atomic E-state index is -0.251. The molecule has 0 aromatic heterocycles. The van der Waals surface area contributed by atoms with Crippen LogP contribution in [0.4, 0.5) is 4.79 Å². The number of carbonyl (C=O) groups is 1. The van der Waals surface area contributed by atoms with Crippen molar-refractivity contribution in [3.8, 4) is 0 Å². The fourth-order valence-corrected chi connectivity index (χ4v) is 2.53. The van der Waals surface area contributed by atoms with Crippen LogP contribution < -0.4 is 11.1 Å². The smallest absolute Gasteiger partial charge is 0.315 e. The van der Waals surface area contributed by atoms with Crippen LogP contribution in [0.1, 0.15) is 25.7 Å². The monoisotopic (exact) mass is 183 g/mol. The summed E-state index contributed by atoms with van der Waals surface area (Å²) < 4.78 is 0. The van der Waals surface area contributed by atoms with Crippen LogP contribution in [0.2, 0.25) is 0 Å². The van der Waals surface area contributed by atoms with Gasteiger partial charge in [0.2, 0.25) is 0 Å². The van der Waals surface area contributed by atoms with Gasteiger partial charge in [-0.3, -0.25) is 0 Å². The zero-order valence-electron chi connectivity index (χ0n) is 7.83. The van der Waals surface area contributed by atoms with Crippen LogP contribution in [0.5, 0.6) is 0 Å². The van der Waals surface area contributed by atoms with Crippen molar-refractivity contribution in [1.82, 2.24) is 10.2 Å². The second-order valence-electron chi connectivity index (χ2n) is 3.94. The summed E-state index contributed by atoms with van der Waals surface area (Å²) >= 11 is 0. The highest BCUT2D eigenvalue weighted by Gasteiger charge is 2.34. The van der Waals surface area contributed by atoms with Gasteiger partial charge in [0, 0.05) is 25.2 Å². The zero-order valence-corrected chi connectivity index (χ0v) is 7.83. The summed E-state index contributed by atoms with van der Waals surface area (Å²) in [6.07, 6.45) is 4.81. The summed E-state index contributed by atoms with van der Waals surface area (Å²) in [5.41, 5.74) is 5.33. The van der Waals surface area contributed by atoms with Crippen molar-refractivity contribution in [2.75, 3.05) is 13.1 Å². The maximum atomic E-state index is 11.1. The molecule has 0 spiro atoms. The molecule has 2 rings (SSSR count). The molecule has 2 atom stereocenters. The molecule has 0 aromatic carbocycles. The van der Waals surface area contributed by atoms with Crippen molar-refractivity contribution in [2.45, 2.75) is 37.8 Å². The third-order valence-electron chi connectivity index (χ3n) is 3.17. The number of nitrogens with two attached hydrogens (primary N) is 1. The van der Waals surface area contributed by atoms with Gasteiger partial charge in [-0.1, -0.05) is 12.8 Å². The summed E-state index contributed by atoms with van der Waals surface area (Å²) in [6.45, 7) is 1.67. The molecule has 0 bridgehead atoms. The Balaban J connectivity index is 2.06. The molecule has 2 unspecified atom stereocenters. The molecule has 1 saturated carbocycles. The van der Waals surface area contributed by atoms with E-state index >= 15 is 0 Å². The van der Waals surface area contributed by atoms with Crippen molar-refractivity contribution >= 4 is 6.03 Å². The van der Waals surface area contributed by atoms with Crippen LogP contribution in [0, 0.1) is 0 Å². The van der Waals surface area contributed by atoms with Crippen LogP contribution in [0.3, 0.4) is 0 Å². The fraction of sp³-hybridized carbons (Fsp3) is 0.889. The van der Waals surface area contributed by atoms with E-state index in [1.807, 2.05) is 4.90 Å². The maximum Gasteiger partial charge on any atom is 0.315 e. The summed E-state index contributed by atoms with van der Waals surface area (Å²) in [4.78, 5) is 13.0. The summed E-state index contributed by atoms with van der Waals surface area (Å²) in [5.74, 6) is 0. The van der Waals surface area contributed by atoms with E-state index in [0.717, 1.165) is 19.5 Å². The van der Waals surface area contributed by atoms with Gasteiger partial charge in [0.1, 0.15) is 0 Å². The minimum Gasteiger partial charge on any atom is -0.351 e. The minimum absolute atomic E-state index is 0.251. The van der Waals surface area contributed by atoms with E-state index in [-0.39, 0.29) is 6.03 Å². The van der Waals surface area contributed by atoms with E-state index in [9.17, 15) is 4.79 Å². The molecule has 4 heteroatoms.